The van der Waals surface area contributed by atoms with E-state index in [0.29, 0.717) is 16.5 Å². The van der Waals surface area contributed by atoms with Gasteiger partial charge in [-0.3, -0.25) is 4.31 Å². The number of aliphatic hydroxyl groups is 1. The first-order valence-corrected chi connectivity index (χ1v) is 9.46. The Balaban J connectivity index is 0.00000261. The van der Waals surface area contributed by atoms with Gasteiger partial charge in [0.1, 0.15) is 5.69 Å². The van der Waals surface area contributed by atoms with Crippen LogP contribution < -0.4 is 13.9 Å². The van der Waals surface area contributed by atoms with Crippen LogP contribution in [0.15, 0.2) is 42.5 Å². The molecule has 0 saturated carbocycles. The van der Waals surface area contributed by atoms with Gasteiger partial charge < -0.3 is 10.4 Å². The molecule has 2 aromatic rings. The van der Waals surface area contributed by atoms with Crippen molar-refractivity contribution in [1.82, 2.24) is 5.32 Å². The number of rotatable bonds is 6. The second-order valence-corrected chi connectivity index (χ2v) is 7.61. The molecule has 0 fully saturated rings. The summed E-state index contributed by atoms with van der Waals surface area (Å²) in [5.41, 5.74) is -0.162. The lowest BCUT2D eigenvalue weighted by atomic mass is 10.2. The maximum atomic E-state index is 14.3. The molecule has 0 saturated heterocycles. The molecule has 1 heterocycles. The van der Waals surface area contributed by atoms with Gasteiger partial charge in [-0.15, -0.1) is 12.4 Å². The molecule has 148 valence electrons. The molecule has 0 spiro atoms. The number of aliphatic hydroxyl groups excluding tert-OH is 1. The average Bonchev–Trinajstić information content (AvgIpc) is 2.80. The second kappa shape index (κ2) is 8.39. The van der Waals surface area contributed by atoms with Crippen LogP contribution in [0.25, 0.3) is 0 Å². The van der Waals surface area contributed by atoms with Crippen molar-refractivity contribution >= 4 is 39.7 Å². The largest absolute Gasteiger partial charge is 0.392 e. The summed E-state index contributed by atoms with van der Waals surface area (Å²) in [5, 5.41) is 12.7. The number of nitrogens with zero attached hydrogens (tertiary/aromatic N) is 2. The van der Waals surface area contributed by atoms with E-state index in [9.17, 15) is 22.3 Å². The van der Waals surface area contributed by atoms with Crippen LogP contribution in [-0.4, -0.2) is 39.8 Å². The summed E-state index contributed by atoms with van der Waals surface area (Å²) in [6, 6.07) is 9.49. The van der Waals surface area contributed by atoms with E-state index in [-0.39, 0.29) is 31.1 Å². The monoisotopic (exact) mass is 419 g/mol. The van der Waals surface area contributed by atoms with E-state index in [1.807, 2.05) is 0 Å². The summed E-state index contributed by atoms with van der Waals surface area (Å²) in [5.74, 6) is -1.94. The Morgan fingerprint density at radius 3 is 2.26 bits per heavy atom. The van der Waals surface area contributed by atoms with Gasteiger partial charge in [-0.25, -0.2) is 13.1 Å². The van der Waals surface area contributed by atoms with Crippen LogP contribution in [0.3, 0.4) is 0 Å². The number of benzene rings is 2. The Kier molecular flexibility index (Phi) is 6.63. The molecule has 0 bridgehead atoms. The number of para-hydroxylation sites is 3. The first-order chi connectivity index (χ1) is 12.4. The summed E-state index contributed by atoms with van der Waals surface area (Å²) in [7, 11) is -2.57. The molecular weight excluding hydrogens is 400 g/mol. The van der Waals surface area contributed by atoms with E-state index in [0.717, 1.165) is 16.4 Å². The Morgan fingerprint density at radius 2 is 1.67 bits per heavy atom. The number of fused-ring (bicyclic) bond motifs is 1. The summed E-state index contributed by atoms with van der Waals surface area (Å²) < 4.78 is 56.4. The van der Waals surface area contributed by atoms with Crippen molar-refractivity contribution in [2.24, 2.45) is 0 Å². The van der Waals surface area contributed by atoms with E-state index in [1.165, 1.54) is 12.1 Å². The molecule has 0 unspecified atom stereocenters. The maximum absolute atomic E-state index is 14.3. The molecule has 10 heteroatoms. The normalized spacial score (nSPS) is 16.0. The SMILES string of the molecule is CNC[C@@H](O)CCN1c2ccccc2N(c2c(F)cccc2F)S1(=O)=O.Cl. The molecule has 0 aromatic heterocycles. The van der Waals surface area contributed by atoms with Crippen molar-refractivity contribution in [2.45, 2.75) is 12.5 Å². The van der Waals surface area contributed by atoms with Crippen LogP contribution >= 0.6 is 12.4 Å². The fourth-order valence-corrected chi connectivity index (χ4v) is 4.70. The van der Waals surface area contributed by atoms with E-state index in [4.69, 9.17) is 0 Å². The number of anilines is 3. The smallest absolute Gasteiger partial charge is 0.331 e. The minimum atomic E-state index is -4.24. The predicted octanol–water partition coefficient (Wildman–Crippen LogP) is 2.56. The highest BCUT2D eigenvalue weighted by molar-refractivity contribution is 7.95. The molecule has 1 aliphatic rings. The molecule has 0 radical (unpaired) electrons. The molecule has 3 rings (SSSR count). The average molecular weight is 420 g/mol. The lowest BCUT2D eigenvalue weighted by molar-refractivity contribution is 0.167. The van der Waals surface area contributed by atoms with Crippen molar-refractivity contribution in [2.75, 3.05) is 28.7 Å². The summed E-state index contributed by atoms with van der Waals surface area (Å²) in [6.07, 6.45) is -0.580. The van der Waals surface area contributed by atoms with Crippen LogP contribution in [0.2, 0.25) is 0 Å². The highest BCUT2D eigenvalue weighted by Crippen LogP contribution is 2.46. The van der Waals surface area contributed by atoms with Gasteiger partial charge in [-0.1, -0.05) is 18.2 Å². The van der Waals surface area contributed by atoms with Gasteiger partial charge in [0.15, 0.2) is 11.6 Å². The minimum absolute atomic E-state index is 0. The van der Waals surface area contributed by atoms with Crippen molar-refractivity contribution in [3.8, 4) is 0 Å². The Bertz CT molecular complexity index is 894. The summed E-state index contributed by atoms with van der Waals surface area (Å²) in [6.45, 7) is 0.288. The van der Waals surface area contributed by atoms with Gasteiger partial charge in [0.05, 0.1) is 17.5 Å². The van der Waals surface area contributed by atoms with E-state index >= 15 is 0 Å². The molecule has 0 amide bonds. The molecule has 1 atom stereocenters. The molecule has 0 aliphatic carbocycles. The second-order valence-electron chi connectivity index (χ2n) is 5.90. The highest BCUT2D eigenvalue weighted by Gasteiger charge is 2.43. The molecule has 27 heavy (non-hydrogen) atoms. The standard InChI is InChI=1S/C17H19F2N3O3S.ClH/c1-20-11-12(23)9-10-21-15-7-2-3-8-16(15)22(26(21,24)25)17-13(18)5-4-6-14(17)19;/h2-8,12,20,23H,9-11H2,1H3;1H/t12-;/m0./s1. The Labute approximate surface area is 163 Å². The van der Waals surface area contributed by atoms with Gasteiger partial charge in [0.25, 0.3) is 0 Å². The number of hydrogen-bond acceptors (Lipinski definition) is 4. The predicted molar refractivity (Wildman–Crippen MR) is 103 cm³/mol. The fourth-order valence-electron chi connectivity index (χ4n) is 2.95. The molecule has 2 N–H and O–H groups in total. The minimum Gasteiger partial charge on any atom is -0.392 e. The van der Waals surface area contributed by atoms with Crippen molar-refractivity contribution < 1.29 is 22.3 Å². The lowest BCUT2D eigenvalue weighted by Gasteiger charge is -2.23. The van der Waals surface area contributed by atoms with Gasteiger partial charge >= 0.3 is 10.2 Å². The van der Waals surface area contributed by atoms with Crippen LogP contribution in [0.1, 0.15) is 6.42 Å². The Hall–Kier alpha value is -1.94. The third kappa shape index (κ3) is 3.86. The van der Waals surface area contributed by atoms with Gasteiger partial charge in [0, 0.05) is 13.1 Å². The van der Waals surface area contributed by atoms with Crippen LogP contribution in [-0.2, 0) is 10.2 Å². The molecular formula is C17H20ClF2N3O3S. The van der Waals surface area contributed by atoms with Crippen LogP contribution in [0.5, 0.6) is 0 Å². The summed E-state index contributed by atoms with van der Waals surface area (Å²) >= 11 is 0. The lowest BCUT2D eigenvalue weighted by Crippen LogP contribution is -2.38. The number of nitrogens with one attached hydrogen (secondary N) is 1. The highest BCUT2D eigenvalue weighted by atomic mass is 35.5. The van der Waals surface area contributed by atoms with Gasteiger partial charge in [0.2, 0.25) is 0 Å². The number of hydrogen-bond donors (Lipinski definition) is 2. The molecule has 1 aliphatic heterocycles. The zero-order valence-corrected chi connectivity index (χ0v) is 16.1. The third-order valence-electron chi connectivity index (χ3n) is 4.12. The number of halogens is 3. The van der Waals surface area contributed by atoms with Crippen LogP contribution in [0, 0.1) is 11.6 Å². The van der Waals surface area contributed by atoms with Crippen molar-refractivity contribution in [1.29, 1.82) is 0 Å². The van der Waals surface area contributed by atoms with Gasteiger partial charge in [-0.05, 0) is 37.7 Å². The maximum Gasteiger partial charge on any atom is 0.331 e. The fraction of sp³-hybridized carbons (Fsp3) is 0.294. The summed E-state index contributed by atoms with van der Waals surface area (Å²) in [4.78, 5) is 0. The molecule has 2 aromatic carbocycles. The zero-order chi connectivity index (χ0) is 18.9. The van der Waals surface area contributed by atoms with Crippen molar-refractivity contribution in [3.63, 3.8) is 0 Å². The van der Waals surface area contributed by atoms with Crippen molar-refractivity contribution in [3.05, 3.63) is 54.1 Å². The third-order valence-corrected chi connectivity index (χ3v) is 5.90. The van der Waals surface area contributed by atoms with Gasteiger partial charge in [-0.2, -0.15) is 8.42 Å². The quantitative estimate of drug-likeness (QED) is 0.754. The van der Waals surface area contributed by atoms with E-state index in [2.05, 4.69) is 5.32 Å². The van der Waals surface area contributed by atoms with Crippen LogP contribution in [0.4, 0.5) is 25.8 Å². The first-order valence-electron chi connectivity index (χ1n) is 8.06. The zero-order valence-electron chi connectivity index (χ0n) is 14.5. The molecule has 6 nitrogen and oxygen atoms in total. The Morgan fingerprint density at radius 1 is 1.07 bits per heavy atom. The first kappa shape index (κ1) is 21.4. The topological polar surface area (TPSA) is 72.9 Å². The van der Waals surface area contributed by atoms with E-state index in [1.54, 1.807) is 25.2 Å². The van der Waals surface area contributed by atoms with E-state index < -0.39 is 33.6 Å². The number of likely N-dealkylation sites (N-methyl/N-ethyl adjacent to an activating group) is 1.